The number of nitrogens with one attached hydrogen (secondary N) is 4. The predicted molar refractivity (Wildman–Crippen MR) is 217 cm³/mol. The molecule has 3 saturated heterocycles. The van der Waals surface area contributed by atoms with Crippen LogP contribution in [0.5, 0.6) is 0 Å². The molecule has 0 bridgehead atoms. The number of benzene rings is 2. The molecule has 15 nitrogen and oxygen atoms in total. The van der Waals surface area contributed by atoms with Crippen molar-refractivity contribution >= 4 is 48.8 Å². The highest BCUT2D eigenvalue weighted by Gasteiger charge is 2.49. The van der Waals surface area contributed by atoms with Gasteiger partial charge in [0.1, 0.15) is 23.2 Å². The Hall–Kier alpha value is -5.12. The summed E-state index contributed by atoms with van der Waals surface area (Å²) >= 11 is 0. The molecule has 57 heavy (non-hydrogen) atoms. The Kier molecular flexibility index (Phi) is 13.9. The molecule has 0 aliphatic carbocycles. The molecule has 3 aliphatic rings. The third-order valence-electron chi connectivity index (χ3n) is 10.9. The minimum absolute atomic E-state index is 0. The number of nitrogens with zero attached hydrogens (tertiary/aromatic N) is 4. The van der Waals surface area contributed by atoms with Crippen LogP contribution >= 0.6 is 24.8 Å². The van der Waals surface area contributed by atoms with Crippen molar-refractivity contribution < 1.29 is 33.4 Å². The lowest BCUT2D eigenvalue weighted by Gasteiger charge is -2.34. The first-order valence-corrected chi connectivity index (χ1v) is 18.8. The zero-order valence-corrected chi connectivity index (χ0v) is 34.0. The lowest BCUT2D eigenvalue weighted by atomic mass is 9.96. The number of H-pyrrole nitrogens is 2. The van der Waals surface area contributed by atoms with Crippen LogP contribution < -0.4 is 10.6 Å². The molecule has 4 N–H and O–H groups in total. The van der Waals surface area contributed by atoms with Crippen LogP contribution in [0.4, 0.5) is 9.59 Å². The van der Waals surface area contributed by atoms with E-state index in [1.54, 1.807) is 22.2 Å². The summed E-state index contributed by atoms with van der Waals surface area (Å²) < 4.78 is 15.1. The number of carbonyl (C=O) groups excluding carboxylic acids is 4. The van der Waals surface area contributed by atoms with Gasteiger partial charge < -0.3 is 44.6 Å². The van der Waals surface area contributed by atoms with Crippen molar-refractivity contribution in [2.24, 2.45) is 5.92 Å². The van der Waals surface area contributed by atoms with Crippen molar-refractivity contribution in [3.63, 3.8) is 0 Å². The number of methoxy groups -OCH3 is 2. The Morgan fingerprint density at radius 2 is 1.26 bits per heavy atom. The van der Waals surface area contributed by atoms with Gasteiger partial charge in [-0.25, -0.2) is 19.6 Å². The number of likely N-dealkylation sites (tertiary alicyclic amines) is 2. The first-order chi connectivity index (χ1) is 26.6. The topological polar surface area (TPSA) is 184 Å². The predicted octanol–water partition coefficient (Wildman–Crippen LogP) is 6.20. The van der Waals surface area contributed by atoms with Crippen LogP contribution in [0, 0.1) is 5.92 Å². The average Bonchev–Trinajstić information content (AvgIpc) is 4.06. The van der Waals surface area contributed by atoms with E-state index in [9.17, 15) is 19.2 Å². The van der Waals surface area contributed by atoms with Crippen molar-refractivity contribution in [3.05, 3.63) is 72.6 Å². The van der Waals surface area contributed by atoms with Crippen molar-refractivity contribution in [2.45, 2.75) is 69.6 Å². The number of imidazole rings is 2. The molecule has 306 valence electrons. The smallest absolute Gasteiger partial charge is 0.407 e. The third kappa shape index (κ3) is 8.90. The fourth-order valence-electron chi connectivity index (χ4n) is 7.88. The SMILES string of the molecule is COC(=O)N[C@H](C(=O)N1CCC[C@H]1c1ncc(-c2ccc(-c3ccc(-c4cnc([C@@H]5CCCN5C(=O)[C@]5(NC(=O)OC)CCOC5)[nH]4)cc3)cc2)[nH]1)C(C)C.Cl.Cl. The monoisotopic (exact) mass is 824 g/mol. The quantitative estimate of drug-likeness (QED) is 0.145. The van der Waals surface area contributed by atoms with Crippen LogP contribution in [0.25, 0.3) is 33.6 Å². The average molecular weight is 826 g/mol. The molecule has 3 fully saturated rings. The second-order valence-corrected chi connectivity index (χ2v) is 14.7. The van der Waals surface area contributed by atoms with Gasteiger partial charge in [-0.1, -0.05) is 62.4 Å². The molecule has 2 aromatic carbocycles. The van der Waals surface area contributed by atoms with E-state index < -0.39 is 23.8 Å². The van der Waals surface area contributed by atoms with Crippen molar-refractivity contribution in [2.75, 3.05) is 40.5 Å². The Balaban J connectivity index is 0.00000310. The zero-order valence-electron chi connectivity index (χ0n) is 32.4. The number of carbonyl (C=O) groups is 4. The largest absolute Gasteiger partial charge is 0.453 e. The van der Waals surface area contributed by atoms with Crippen molar-refractivity contribution in [1.82, 2.24) is 40.4 Å². The molecular formula is C40H50Cl2N8O7. The van der Waals surface area contributed by atoms with Crippen LogP contribution in [0.3, 0.4) is 0 Å². The van der Waals surface area contributed by atoms with Gasteiger partial charge in [0, 0.05) is 26.1 Å². The second-order valence-electron chi connectivity index (χ2n) is 14.7. The van der Waals surface area contributed by atoms with Gasteiger partial charge in [-0.15, -0.1) is 24.8 Å². The van der Waals surface area contributed by atoms with Gasteiger partial charge in [-0.3, -0.25) is 9.59 Å². The minimum atomic E-state index is -1.15. The molecular weight excluding hydrogens is 775 g/mol. The fraction of sp³-hybridized carbons (Fsp3) is 0.450. The maximum atomic E-state index is 13.8. The summed E-state index contributed by atoms with van der Waals surface area (Å²) in [4.78, 5) is 71.2. The van der Waals surface area contributed by atoms with Crippen molar-refractivity contribution in [1.29, 1.82) is 0 Å². The summed E-state index contributed by atoms with van der Waals surface area (Å²) in [6, 6.07) is 15.3. The molecule has 4 atom stereocenters. The number of alkyl carbamates (subject to hydrolysis) is 2. The zero-order chi connectivity index (χ0) is 38.7. The van der Waals surface area contributed by atoms with Gasteiger partial charge in [0.2, 0.25) is 5.91 Å². The van der Waals surface area contributed by atoms with Crippen LogP contribution in [-0.2, 0) is 23.8 Å². The van der Waals surface area contributed by atoms with Crippen molar-refractivity contribution in [3.8, 4) is 33.6 Å². The Morgan fingerprint density at radius 1 is 0.772 bits per heavy atom. The van der Waals surface area contributed by atoms with Crippen LogP contribution in [0.1, 0.15) is 69.7 Å². The highest BCUT2D eigenvalue weighted by atomic mass is 35.5. The summed E-state index contributed by atoms with van der Waals surface area (Å²) in [5.74, 6) is 0.995. The van der Waals surface area contributed by atoms with Crippen LogP contribution in [-0.4, -0.2) is 106 Å². The summed E-state index contributed by atoms with van der Waals surface area (Å²) in [5, 5.41) is 5.43. The van der Waals surface area contributed by atoms with Crippen LogP contribution in [0.2, 0.25) is 0 Å². The summed E-state index contributed by atoms with van der Waals surface area (Å²) in [5.41, 5.74) is 4.59. The molecule has 5 heterocycles. The van der Waals surface area contributed by atoms with Gasteiger partial charge in [0.25, 0.3) is 5.91 Å². The first-order valence-electron chi connectivity index (χ1n) is 18.8. The fourth-order valence-corrected chi connectivity index (χ4v) is 7.88. The molecule has 3 aliphatic heterocycles. The van der Waals surface area contributed by atoms with Gasteiger partial charge >= 0.3 is 12.2 Å². The third-order valence-corrected chi connectivity index (χ3v) is 10.9. The molecule has 0 radical (unpaired) electrons. The number of amides is 4. The van der Waals surface area contributed by atoms with E-state index in [0.29, 0.717) is 31.9 Å². The molecule has 7 rings (SSSR count). The van der Waals surface area contributed by atoms with E-state index in [1.165, 1.54) is 14.2 Å². The van der Waals surface area contributed by atoms with E-state index >= 15 is 0 Å². The first kappa shape index (κ1) is 43.0. The molecule has 2 aromatic heterocycles. The minimum Gasteiger partial charge on any atom is -0.453 e. The number of rotatable bonds is 10. The lowest BCUT2D eigenvalue weighted by molar-refractivity contribution is -0.139. The maximum Gasteiger partial charge on any atom is 0.407 e. The molecule has 0 spiro atoms. The number of aromatic nitrogens is 4. The Labute approximate surface area is 343 Å². The van der Waals surface area contributed by atoms with E-state index in [2.05, 4.69) is 54.8 Å². The Bertz CT molecular complexity index is 2010. The number of hydrogen-bond acceptors (Lipinski definition) is 9. The molecule has 17 heteroatoms. The molecule has 0 saturated carbocycles. The van der Waals surface area contributed by atoms with Gasteiger partial charge in [0.15, 0.2) is 0 Å². The molecule has 4 amide bonds. The summed E-state index contributed by atoms with van der Waals surface area (Å²) in [6.45, 7) is 5.44. The lowest BCUT2D eigenvalue weighted by Crippen LogP contribution is -2.60. The Morgan fingerprint density at radius 3 is 1.74 bits per heavy atom. The van der Waals surface area contributed by atoms with E-state index in [4.69, 9.17) is 14.2 Å². The van der Waals surface area contributed by atoms with E-state index in [1.807, 2.05) is 38.1 Å². The number of halogens is 2. The van der Waals surface area contributed by atoms with Gasteiger partial charge in [0.05, 0.1) is 56.7 Å². The number of hydrogen-bond donors (Lipinski definition) is 4. The van der Waals surface area contributed by atoms with Gasteiger partial charge in [-0.2, -0.15) is 0 Å². The maximum absolute atomic E-state index is 13.8. The highest BCUT2D eigenvalue weighted by Crippen LogP contribution is 2.36. The van der Waals surface area contributed by atoms with Gasteiger partial charge in [-0.05, 0) is 53.9 Å². The molecule has 4 aromatic rings. The standard InChI is InChI=1S/C40H48N8O7.2ClH/c1-24(2)33(45-38(51)53-3)36(49)47-18-5-7-31(47)34-41-21-29(43-34)27-13-9-25(10-14-27)26-11-15-28(16-12-26)30-22-42-35(44-30)32-8-6-19-48(32)37(50)40(17-20-55-23-40)46-39(52)54-4;;/h9-16,21-22,24,31-33H,5-8,17-20,23H2,1-4H3,(H,41,43)(H,42,44)(H,45,51)(H,46,52);2*1H/t31-,32-,33-,40-;;/m0../s1. The summed E-state index contributed by atoms with van der Waals surface area (Å²) in [7, 11) is 2.57. The second kappa shape index (κ2) is 18.4. The molecule has 0 unspecified atom stereocenters. The summed E-state index contributed by atoms with van der Waals surface area (Å²) in [6.07, 6.45) is 5.91. The highest BCUT2D eigenvalue weighted by molar-refractivity contribution is 5.91. The number of aromatic amines is 2. The number of ether oxygens (including phenoxy) is 3. The van der Waals surface area contributed by atoms with E-state index in [0.717, 1.165) is 65.1 Å². The van der Waals surface area contributed by atoms with E-state index in [-0.39, 0.29) is 61.2 Å². The normalized spacial score (nSPS) is 20.7. The van der Waals surface area contributed by atoms with Crippen LogP contribution in [0.15, 0.2) is 60.9 Å².